The molecule has 3 nitrogen and oxygen atoms in total. The third-order valence-corrected chi connectivity index (χ3v) is 10.9. The van der Waals surface area contributed by atoms with E-state index in [9.17, 15) is 0 Å². The fraction of sp³-hybridized carbons (Fsp3) is 0. The second-order valence-electron chi connectivity index (χ2n) is 14.0. The Labute approximate surface area is 317 Å². The normalized spacial score (nSPS) is 11.6. The van der Waals surface area contributed by atoms with Crippen LogP contribution in [0, 0.1) is 0 Å². The van der Waals surface area contributed by atoms with Crippen molar-refractivity contribution in [3.8, 4) is 33.4 Å². The highest BCUT2D eigenvalue weighted by Crippen LogP contribution is 2.46. The van der Waals surface area contributed by atoms with E-state index in [2.05, 4.69) is 181 Å². The lowest BCUT2D eigenvalue weighted by atomic mass is 9.91. The Morgan fingerprint density at radius 2 is 0.855 bits per heavy atom. The monoisotopic (exact) mass is 703 g/mol. The SMILES string of the molecule is c1ccc(-c2cccc3ccccc23)c(-c2ccc(N(c3ccc4c(c3)oc3ccccc34)c3ccccc3-c3cccc4oc5ccccc5c34)cc2)c1. The molecule has 0 aliphatic heterocycles. The van der Waals surface area contributed by atoms with Crippen LogP contribution in [0.2, 0.25) is 0 Å². The van der Waals surface area contributed by atoms with Crippen LogP contribution in [0.3, 0.4) is 0 Å². The molecular weight excluding hydrogens is 671 g/mol. The molecular formula is C52H33NO2. The third kappa shape index (κ3) is 5.13. The number of rotatable bonds is 6. The Balaban J connectivity index is 1.10. The lowest BCUT2D eigenvalue weighted by molar-refractivity contribution is 0.668. The predicted octanol–water partition coefficient (Wildman–Crippen LogP) is 15.1. The first-order valence-corrected chi connectivity index (χ1v) is 18.7. The Hall–Kier alpha value is -7.36. The van der Waals surface area contributed by atoms with Crippen molar-refractivity contribution in [3.63, 3.8) is 0 Å². The number of hydrogen-bond donors (Lipinski definition) is 0. The second kappa shape index (κ2) is 12.6. The van der Waals surface area contributed by atoms with Gasteiger partial charge in [-0.2, -0.15) is 0 Å². The summed E-state index contributed by atoms with van der Waals surface area (Å²) in [5, 5.41) is 6.91. The molecule has 0 saturated carbocycles. The van der Waals surface area contributed by atoms with Gasteiger partial charge in [0.15, 0.2) is 0 Å². The van der Waals surface area contributed by atoms with Gasteiger partial charge in [0, 0.05) is 44.5 Å². The molecule has 0 aliphatic rings. The topological polar surface area (TPSA) is 29.5 Å². The lowest BCUT2D eigenvalue weighted by Crippen LogP contribution is -2.11. The first kappa shape index (κ1) is 31.2. The van der Waals surface area contributed by atoms with Crippen molar-refractivity contribution >= 4 is 71.7 Å². The van der Waals surface area contributed by atoms with Gasteiger partial charge in [0.1, 0.15) is 22.3 Å². The van der Waals surface area contributed by atoms with Crippen molar-refractivity contribution in [2.24, 2.45) is 0 Å². The highest BCUT2D eigenvalue weighted by molar-refractivity contribution is 6.14. The summed E-state index contributed by atoms with van der Waals surface area (Å²) in [6.07, 6.45) is 0. The highest BCUT2D eigenvalue weighted by Gasteiger charge is 2.22. The molecule has 55 heavy (non-hydrogen) atoms. The van der Waals surface area contributed by atoms with Crippen LogP contribution in [0.15, 0.2) is 209 Å². The first-order chi connectivity index (χ1) is 27.3. The van der Waals surface area contributed by atoms with Crippen LogP contribution >= 0.6 is 0 Å². The van der Waals surface area contributed by atoms with Gasteiger partial charge in [0.25, 0.3) is 0 Å². The number of fused-ring (bicyclic) bond motifs is 7. The molecule has 2 heterocycles. The van der Waals surface area contributed by atoms with Gasteiger partial charge >= 0.3 is 0 Å². The fourth-order valence-corrected chi connectivity index (χ4v) is 8.40. The lowest BCUT2D eigenvalue weighted by Gasteiger charge is -2.28. The van der Waals surface area contributed by atoms with Crippen LogP contribution in [0.25, 0.3) is 88.0 Å². The van der Waals surface area contributed by atoms with E-state index in [0.29, 0.717) is 0 Å². The van der Waals surface area contributed by atoms with E-state index in [0.717, 1.165) is 77.6 Å². The summed E-state index contributed by atoms with van der Waals surface area (Å²) in [5.74, 6) is 0. The zero-order valence-electron chi connectivity index (χ0n) is 29.8. The van der Waals surface area contributed by atoms with Crippen LogP contribution < -0.4 is 4.90 Å². The van der Waals surface area contributed by atoms with E-state index >= 15 is 0 Å². The molecule has 0 amide bonds. The molecule has 0 atom stereocenters. The molecule has 2 aromatic heterocycles. The van der Waals surface area contributed by atoms with Gasteiger partial charge in [-0.3, -0.25) is 0 Å². The van der Waals surface area contributed by atoms with E-state index in [1.54, 1.807) is 0 Å². The second-order valence-corrected chi connectivity index (χ2v) is 14.0. The minimum absolute atomic E-state index is 0.852. The van der Waals surface area contributed by atoms with Crippen molar-refractivity contribution < 1.29 is 8.83 Å². The maximum atomic E-state index is 6.45. The molecule has 258 valence electrons. The number of nitrogens with zero attached hydrogens (tertiary/aromatic N) is 1. The summed E-state index contributed by atoms with van der Waals surface area (Å²) in [7, 11) is 0. The van der Waals surface area contributed by atoms with Gasteiger partial charge in [-0.15, -0.1) is 0 Å². The molecule has 11 aromatic rings. The first-order valence-electron chi connectivity index (χ1n) is 18.7. The Kier molecular flexibility index (Phi) is 7.17. The zero-order chi connectivity index (χ0) is 36.3. The van der Waals surface area contributed by atoms with E-state index < -0.39 is 0 Å². The average molecular weight is 704 g/mol. The van der Waals surface area contributed by atoms with E-state index in [-0.39, 0.29) is 0 Å². The van der Waals surface area contributed by atoms with Crippen LogP contribution in [-0.2, 0) is 0 Å². The minimum Gasteiger partial charge on any atom is -0.456 e. The summed E-state index contributed by atoms with van der Waals surface area (Å²) in [4.78, 5) is 2.35. The van der Waals surface area contributed by atoms with E-state index in [4.69, 9.17) is 8.83 Å². The summed E-state index contributed by atoms with van der Waals surface area (Å²) in [5.41, 5.74) is 13.6. The van der Waals surface area contributed by atoms with Crippen molar-refractivity contribution in [1.29, 1.82) is 0 Å². The smallest absolute Gasteiger partial charge is 0.137 e. The number of benzene rings is 9. The highest BCUT2D eigenvalue weighted by atomic mass is 16.3. The Morgan fingerprint density at radius 3 is 1.71 bits per heavy atom. The molecule has 0 bridgehead atoms. The van der Waals surface area contributed by atoms with Gasteiger partial charge in [0.2, 0.25) is 0 Å². The number of hydrogen-bond acceptors (Lipinski definition) is 3. The summed E-state index contributed by atoms with van der Waals surface area (Å²) in [6, 6.07) is 71.0. The largest absolute Gasteiger partial charge is 0.456 e. The zero-order valence-corrected chi connectivity index (χ0v) is 29.8. The quantitative estimate of drug-likeness (QED) is 0.173. The standard InChI is InChI=1S/C52H33NO2/c1-2-15-38-34(13-1)14-11-21-41(38)40-17-4-3-16-39(40)35-27-29-36(30-28-35)53(37-31-32-44-43-19-6-9-24-48(43)55-51(44)33-37)47-23-8-5-18-42(47)45-22-12-26-50-52(45)46-20-7-10-25-49(46)54-50/h1-33H. The maximum absolute atomic E-state index is 6.45. The summed E-state index contributed by atoms with van der Waals surface area (Å²) >= 11 is 0. The summed E-state index contributed by atoms with van der Waals surface area (Å²) < 4.78 is 12.8. The number of furan rings is 2. The van der Waals surface area contributed by atoms with Gasteiger partial charge < -0.3 is 13.7 Å². The van der Waals surface area contributed by atoms with Gasteiger partial charge in [-0.05, 0) is 87.1 Å². The number of anilines is 3. The molecule has 0 radical (unpaired) electrons. The molecule has 0 spiro atoms. The van der Waals surface area contributed by atoms with Crippen molar-refractivity contribution in [3.05, 3.63) is 200 Å². The predicted molar refractivity (Wildman–Crippen MR) is 229 cm³/mol. The van der Waals surface area contributed by atoms with Crippen LogP contribution in [-0.4, -0.2) is 0 Å². The van der Waals surface area contributed by atoms with Gasteiger partial charge in [0.05, 0.1) is 5.69 Å². The maximum Gasteiger partial charge on any atom is 0.137 e. The van der Waals surface area contributed by atoms with Crippen molar-refractivity contribution in [2.75, 3.05) is 4.90 Å². The van der Waals surface area contributed by atoms with Crippen molar-refractivity contribution in [1.82, 2.24) is 0 Å². The molecule has 0 unspecified atom stereocenters. The van der Waals surface area contributed by atoms with Crippen LogP contribution in [0.1, 0.15) is 0 Å². The minimum atomic E-state index is 0.852. The van der Waals surface area contributed by atoms with Gasteiger partial charge in [-0.25, -0.2) is 0 Å². The molecule has 11 rings (SSSR count). The fourth-order valence-electron chi connectivity index (χ4n) is 8.40. The molecule has 3 heteroatoms. The van der Waals surface area contributed by atoms with E-state index in [1.807, 2.05) is 24.3 Å². The van der Waals surface area contributed by atoms with Crippen LogP contribution in [0.5, 0.6) is 0 Å². The molecule has 0 aliphatic carbocycles. The molecule has 0 saturated heterocycles. The Bertz CT molecular complexity index is 3220. The summed E-state index contributed by atoms with van der Waals surface area (Å²) in [6.45, 7) is 0. The molecule has 0 N–H and O–H groups in total. The third-order valence-electron chi connectivity index (χ3n) is 10.9. The Morgan fingerprint density at radius 1 is 0.309 bits per heavy atom. The van der Waals surface area contributed by atoms with E-state index in [1.165, 1.54) is 27.5 Å². The van der Waals surface area contributed by atoms with Crippen LogP contribution in [0.4, 0.5) is 17.1 Å². The number of para-hydroxylation sites is 3. The molecule has 0 fully saturated rings. The van der Waals surface area contributed by atoms with Gasteiger partial charge in [-0.1, -0.05) is 146 Å². The average Bonchev–Trinajstić information content (AvgIpc) is 3.82. The van der Waals surface area contributed by atoms with Crippen molar-refractivity contribution in [2.45, 2.75) is 0 Å². The molecule has 9 aromatic carbocycles.